The lowest BCUT2D eigenvalue weighted by Crippen LogP contribution is -2.33. The largest absolute Gasteiger partial charge is 0.381 e. The molecule has 1 heterocycles. The molecule has 0 bridgehead atoms. The van der Waals surface area contributed by atoms with Crippen LogP contribution in [0.3, 0.4) is 0 Å². The molecule has 3 N–H and O–H groups in total. The van der Waals surface area contributed by atoms with Gasteiger partial charge in [0.2, 0.25) is 0 Å². The molecule has 0 spiro atoms. The lowest BCUT2D eigenvalue weighted by molar-refractivity contribution is 0.259. The molecule has 1 aliphatic carbocycles. The zero-order chi connectivity index (χ0) is 9.97. The van der Waals surface area contributed by atoms with Gasteiger partial charge >= 0.3 is 0 Å². The highest BCUT2D eigenvalue weighted by Crippen LogP contribution is 2.27. The average molecular weight is 195 g/mol. The van der Waals surface area contributed by atoms with Crippen molar-refractivity contribution in [2.45, 2.75) is 37.8 Å². The maximum absolute atomic E-state index is 5.54. The molecule has 1 saturated carbocycles. The summed E-state index contributed by atoms with van der Waals surface area (Å²) in [6, 6.07) is 1.01. The molecular weight excluding hydrogens is 178 g/mol. The van der Waals surface area contributed by atoms with Crippen molar-refractivity contribution in [3.63, 3.8) is 0 Å². The Kier molecular flexibility index (Phi) is 2.67. The molecule has 5 heteroatoms. The standard InChI is InChI=1S/C9H17N5/c1-11-7-3-2-4-8(5-7)14-12-6-9(10)13-14/h6-8,11H,2-5H2,1H3,(H2,10,13). The number of rotatable bonds is 2. The van der Waals surface area contributed by atoms with Crippen molar-refractivity contribution < 1.29 is 0 Å². The summed E-state index contributed by atoms with van der Waals surface area (Å²) >= 11 is 0. The molecule has 1 aliphatic rings. The average Bonchev–Trinajstić information content (AvgIpc) is 2.65. The van der Waals surface area contributed by atoms with Gasteiger partial charge in [0.25, 0.3) is 0 Å². The monoisotopic (exact) mass is 195 g/mol. The highest BCUT2D eigenvalue weighted by Gasteiger charge is 2.23. The molecular formula is C9H17N5. The minimum absolute atomic E-state index is 0.415. The SMILES string of the molecule is CNC1CCCC(n2ncc(N)n2)C1. The van der Waals surface area contributed by atoms with E-state index < -0.39 is 0 Å². The summed E-state index contributed by atoms with van der Waals surface area (Å²) in [6.45, 7) is 0. The lowest BCUT2D eigenvalue weighted by atomic mass is 9.91. The Hall–Kier alpha value is -1.10. The number of nitrogens with two attached hydrogens (primary N) is 1. The molecule has 0 aromatic carbocycles. The zero-order valence-electron chi connectivity index (χ0n) is 8.48. The Morgan fingerprint density at radius 3 is 3.07 bits per heavy atom. The number of nitrogens with one attached hydrogen (secondary N) is 1. The van der Waals surface area contributed by atoms with Crippen LogP contribution >= 0.6 is 0 Å². The smallest absolute Gasteiger partial charge is 0.165 e. The third kappa shape index (κ3) is 1.87. The van der Waals surface area contributed by atoms with Crippen LogP contribution in [-0.4, -0.2) is 28.1 Å². The second kappa shape index (κ2) is 3.96. The summed E-state index contributed by atoms with van der Waals surface area (Å²) in [5, 5.41) is 11.6. The first-order valence-electron chi connectivity index (χ1n) is 5.14. The van der Waals surface area contributed by atoms with E-state index in [1.807, 2.05) is 7.05 Å². The van der Waals surface area contributed by atoms with Crippen LogP contribution in [0.5, 0.6) is 0 Å². The van der Waals surface area contributed by atoms with E-state index in [1.165, 1.54) is 12.8 Å². The molecule has 1 aromatic rings. The molecule has 14 heavy (non-hydrogen) atoms. The second-order valence-corrected chi connectivity index (χ2v) is 3.90. The number of aromatic nitrogens is 3. The van der Waals surface area contributed by atoms with Crippen LogP contribution in [0.4, 0.5) is 5.82 Å². The van der Waals surface area contributed by atoms with Gasteiger partial charge < -0.3 is 11.1 Å². The van der Waals surface area contributed by atoms with Gasteiger partial charge in [0.05, 0.1) is 12.2 Å². The van der Waals surface area contributed by atoms with Crippen LogP contribution in [0.25, 0.3) is 0 Å². The van der Waals surface area contributed by atoms with E-state index in [2.05, 4.69) is 15.5 Å². The van der Waals surface area contributed by atoms with Crippen molar-refractivity contribution in [1.29, 1.82) is 0 Å². The van der Waals surface area contributed by atoms with Gasteiger partial charge in [-0.05, 0) is 32.7 Å². The Bertz CT molecular complexity index is 295. The molecule has 2 unspecified atom stereocenters. The quantitative estimate of drug-likeness (QED) is 0.723. The first kappa shape index (κ1) is 9.45. The van der Waals surface area contributed by atoms with Gasteiger partial charge in [-0.1, -0.05) is 0 Å². The highest BCUT2D eigenvalue weighted by atomic mass is 15.5. The molecule has 2 rings (SSSR count). The number of nitrogen functional groups attached to an aromatic ring is 1. The third-order valence-electron chi connectivity index (χ3n) is 2.91. The van der Waals surface area contributed by atoms with Crippen LogP contribution in [0.15, 0.2) is 6.20 Å². The van der Waals surface area contributed by atoms with E-state index in [9.17, 15) is 0 Å². The van der Waals surface area contributed by atoms with Crippen LogP contribution in [0.2, 0.25) is 0 Å². The first-order chi connectivity index (χ1) is 6.79. The molecule has 0 saturated heterocycles. The fraction of sp³-hybridized carbons (Fsp3) is 0.778. The molecule has 1 aromatic heterocycles. The Balaban J connectivity index is 2.04. The van der Waals surface area contributed by atoms with Crippen molar-refractivity contribution in [1.82, 2.24) is 20.3 Å². The summed E-state index contributed by atoms with van der Waals surface area (Å²) in [5.41, 5.74) is 5.54. The predicted octanol–water partition coefficient (Wildman–Crippen LogP) is 0.563. The van der Waals surface area contributed by atoms with Crippen LogP contribution < -0.4 is 11.1 Å². The molecule has 1 fully saturated rings. The zero-order valence-corrected chi connectivity index (χ0v) is 8.48. The maximum atomic E-state index is 5.54. The molecule has 0 aliphatic heterocycles. The van der Waals surface area contributed by atoms with Crippen LogP contribution in [-0.2, 0) is 0 Å². The van der Waals surface area contributed by atoms with Crippen molar-refractivity contribution >= 4 is 5.82 Å². The normalized spacial score (nSPS) is 27.8. The highest BCUT2D eigenvalue weighted by molar-refractivity contribution is 5.19. The van der Waals surface area contributed by atoms with E-state index in [4.69, 9.17) is 5.73 Å². The number of anilines is 1. The van der Waals surface area contributed by atoms with Gasteiger partial charge in [0.15, 0.2) is 5.82 Å². The van der Waals surface area contributed by atoms with Crippen molar-refractivity contribution in [2.75, 3.05) is 12.8 Å². The fourth-order valence-corrected chi connectivity index (χ4v) is 2.10. The molecule has 0 amide bonds. The van der Waals surface area contributed by atoms with Gasteiger partial charge in [-0.25, -0.2) is 0 Å². The van der Waals surface area contributed by atoms with Crippen molar-refractivity contribution in [2.24, 2.45) is 0 Å². The van der Waals surface area contributed by atoms with Gasteiger partial charge in [-0.3, -0.25) is 0 Å². The van der Waals surface area contributed by atoms with E-state index >= 15 is 0 Å². The summed E-state index contributed by atoms with van der Waals surface area (Å²) in [6.07, 6.45) is 6.36. The predicted molar refractivity (Wildman–Crippen MR) is 54.8 cm³/mol. The Morgan fingerprint density at radius 2 is 2.43 bits per heavy atom. The lowest BCUT2D eigenvalue weighted by Gasteiger charge is -2.27. The minimum atomic E-state index is 0.415. The van der Waals surface area contributed by atoms with E-state index in [0.717, 1.165) is 12.8 Å². The summed E-state index contributed by atoms with van der Waals surface area (Å²) < 4.78 is 0. The third-order valence-corrected chi connectivity index (χ3v) is 2.91. The minimum Gasteiger partial charge on any atom is -0.381 e. The molecule has 2 atom stereocenters. The van der Waals surface area contributed by atoms with Crippen molar-refractivity contribution in [3.8, 4) is 0 Å². The number of hydrogen-bond donors (Lipinski definition) is 2. The van der Waals surface area contributed by atoms with Crippen LogP contribution in [0.1, 0.15) is 31.7 Å². The first-order valence-corrected chi connectivity index (χ1v) is 5.14. The van der Waals surface area contributed by atoms with E-state index in [-0.39, 0.29) is 0 Å². The number of nitrogens with zero attached hydrogens (tertiary/aromatic N) is 3. The van der Waals surface area contributed by atoms with Gasteiger partial charge in [0.1, 0.15) is 0 Å². The topological polar surface area (TPSA) is 68.8 Å². The Morgan fingerprint density at radius 1 is 1.57 bits per heavy atom. The molecule has 78 valence electrons. The van der Waals surface area contributed by atoms with Crippen molar-refractivity contribution in [3.05, 3.63) is 6.20 Å². The second-order valence-electron chi connectivity index (χ2n) is 3.90. The van der Waals surface area contributed by atoms with E-state index in [1.54, 1.807) is 11.0 Å². The van der Waals surface area contributed by atoms with Gasteiger partial charge in [-0.15, -0.1) is 5.10 Å². The maximum Gasteiger partial charge on any atom is 0.165 e. The summed E-state index contributed by atoms with van der Waals surface area (Å²) in [5.74, 6) is 0.511. The molecule has 5 nitrogen and oxygen atoms in total. The molecule has 0 radical (unpaired) electrons. The fourth-order valence-electron chi connectivity index (χ4n) is 2.10. The van der Waals surface area contributed by atoms with Gasteiger partial charge in [0, 0.05) is 6.04 Å². The van der Waals surface area contributed by atoms with Gasteiger partial charge in [-0.2, -0.15) is 9.90 Å². The summed E-state index contributed by atoms with van der Waals surface area (Å²) in [7, 11) is 2.01. The number of hydrogen-bond acceptors (Lipinski definition) is 4. The van der Waals surface area contributed by atoms with E-state index in [0.29, 0.717) is 17.9 Å². The summed E-state index contributed by atoms with van der Waals surface area (Å²) in [4.78, 5) is 1.76. The Labute approximate surface area is 83.7 Å². The van der Waals surface area contributed by atoms with Crippen LogP contribution in [0, 0.1) is 0 Å².